The number of amides is 1. The van der Waals surface area contributed by atoms with Crippen molar-refractivity contribution < 1.29 is 18.3 Å². The lowest BCUT2D eigenvalue weighted by Gasteiger charge is -2.15. The Balaban J connectivity index is 1.88. The number of guanidine groups is 1. The Morgan fingerprint density at radius 1 is 1.33 bits per heavy atom. The molecule has 0 unspecified atom stereocenters. The summed E-state index contributed by atoms with van der Waals surface area (Å²) in [5.74, 6) is 0.0152. The predicted molar refractivity (Wildman–Crippen MR) is 99.2 cm³/mol. The Hall–Kier alpha value is -2.94. The number of aliphatic imine (C=N–C) groups is 1. The number of aromatic nitrogens is 1. The predicted octanol–water partition coefficient (Wildman–Crippen LogP) is 2.64. The van der Waals surface area contributed by atoms with Crippen LogP contribution in [0.5, 0.6) is 5.75 Å². The molecule has 2 rings (SSSR count). The average Bonchev–Trinajstić information content (AvgIpc) is 2.64. The van der Waals surface area contributed by atoms with Crippen LogP contribution in [0.3, 0.4) is 0 Å². The first-order valence-electron chi connectivity index (χ1n) is 7.85. The van der Waals surface area contributed by atoms with Gasteiger partial charge >= 0.3 is 6.61 Å². The van der Waals surface area contributed by atoms with Crippen LogP contribution in [-0.2, 0) is 11.3 Å². The minimum atomic E-state index is -2.95. The van der Waals surface area contributed by atoms with E-state index in [1.54, 1.807) is 18.3 Å². The van der Waals surface area contributed by atoms with E-state index in [1.807, 2.05) is 0 Å². The number of hydrogen-bond acceptors (Lipinski definition) is 4. The van der Waals surface area contributed by atoms with Gasteiger partial charge in [0.05, 0.1) is 18.4 Å². The van der Waals surface area contributed by atoms with Crippen LogP contribution in [0.1, 0.15) is 5.56 Å². The van der Waals surface area contributed by atoms with Gasteiger partial charge in [0, 0.05) is 30.4 Å². The summed E-state index contributed by atoms with van der Waals surface area (Å²) in [5, 5.41) is 8.78. The number of ether oxygens (including phenoxy) is 1. The van der Waals surface area contributed by atoms with Crippen LogP contribution >= 0.6 is 11.6 Å². The summed E-state index contributed by atoms with van der Waals surface area (Å²) in [6, 6.07) is 7.74. The number of hydrogen-bond donors (Lipinski definition) is 3. The van der Waals surface area contributed by atoms with E-state index in [9.17, 15) is 13.6 Å². The summed E-state index contributed by atoms with van der Waals surface area (Å²) in [6.07, 6.45) is 3.12. The van der Waals surface area contributed by atoms with Crippen LogP contribution in [0.25, 0.3) is 0 Å². The molecule has 0 fully saturated rings. The van der Waals surface area contributed by atoms with Gasteiger partial charge in [-0.25, -0.2) is 0 Å². The smallest absolute Gasteiger partial charge is 0.387 e. The number of carbonyl (C=O) groups is 1. The molecule has 0 aliphatic heterocycles. The molecule has 0 atom stereocenters. The molecule has 0 aliphatic carbocycles. The monoisotopic (exact) mass is 397 g/mol. The topological polar surface area (TPSA) is 87.6 Å². The number of nitrogens with zero attached hydrogens (tertiary/aromatic N) is 2. The zero-order chi connectivity index (χ0) is 19.6. The number of anilines is 1. The molecule has 27 heavy (non-hydrogen) atoms. The van der Waals surface area contributed by atoms with Crippen molar-refractivity contribution in [2.75, 3.05) is 18.9 Å². The Morgan fingerprint density at radius 3 is 2.81 bits per heavy atom. The van der Waals surface area contributed by atoms with Crippen molar-refractivity contribution in [3.63, 3.8) is 0 Å². The highest BCUT2D eigenvalue weighted by atomic mass is 35.5. The molecule has 10 heteroatoms. The molecule has 7 nitrogen and oxygen atoms in total. The molecular weight excluding hydrogens is 380 g/mol. The summed E-state index contributed by atoms with van der Waals surface area (Å²) in [5.41, 5.74) is 0.991. The van der Waals surface area contributed by atoms with Crippen LogP contribution in [-0.4, -0.2) is 37.1 Å². The molecular formula is C17H18ClF2N5O2. The van der Waals surface area contributed by atoms with Gasteiger partial charge in [-0.05, 0) is 30.3 Å². The first-order chi connectivity index (χ1) is 13.0. The number of alkyl halides is 2. The first kappa shape index (κ1) is 20.4. The summed E-state index contributed by atoms with van der Waals surface area (Å²) in [4.78, 5) is 19.8. The Kier molecular flexibility index (Phi) is 7.75. The average molecular weight is 398 g/mol. The van der Waals surface area contributed by atoms with Gasteiger partial charge in [-0.15, -0.1) is 0 Å². The molecule has 0 spiro atoms. The molecule has 3 N–H and O–H groups in total. The van der Waals surface area contributed by atoms with Gasteiger partial charge in [0.15, 0.2) is 5.96 Å². The first-order valence-corrected chi connectivity index (χ1v) is 8.23. The van der Waals surface area contributed by atoms with Gasteiger partial charge in [0.2, 0.25) is 5.91 Å². The molecule has 0 bridgehead atoms. The van der Waals surface area contributed by atoms with Gasteiger partial charge in [-0.1, -0.05) is 11.6 Å². The fourth-order valence-electron chi connectivity index (χ4n) is 2.10. The maximum Gasteiger partial charge on any atom is 0.387 e. The summed E-state index contributed by atoms with van der Waals surface area (Å²) < 4.78 is 29.5. The van der Waals surface area contributed by atoms with Crippen molar-refractivity contribution in [2.45, 2.75) is 13.2 Å². The van der Waals surface area contributed by atoms with E-state index < -0.39 is 6.61 Å². The lowest BCUT2D eigenvalue weighted by Crippen LogP contribution is -2.41. The highest BCUT2D eigenvalue weighted by Crippen LogP contribution is 2.24. The molecule has 1 aromatic carbocycles. The molecule has 0 radical (unpaired) electrons. The van der Waals surface area contributed by atoms with Crippen LogP contribution in [0, 0.1) is 0 Å². The van der Waals surface area contributed by atoms with Crippen molar-refractivity contribution in [3.05, 3.63) is 53.3 Å². The second kappa shape index (κ2) is 10.3. The highest BCUT2D eigenvalue weighted by Gasteiger charge is 2.11. The van der Waals surface area contributed by atoms with E-state index in [1.165, 1.54) is 31.4 Å². The molecule has 0 saturated carbocycles. The molecule has 1 aromatic heterocycles. The van der Waals surface area contributed by atoms with Crippen LogP contribution in [0.15, 0.2) is 47.7 Å². The van der Waals surface area contributed by atoms with E-state index >= 15 is 0 Å². The summed E-state index contributed by atoms with van der Waals surface area (Å²) in [7, 11) is 1.52. The summed E-state index contributed by atoms with van der Waals surface area (Å²) in [6.45, 7) is -2.88. The number of nitrogens with one attached hydrogen (secondary N) is 3. The Labute approximate surface area is 159 Å². The molecule has 0 saturated heterocycles. The molecule has 0 aliphatic rings. The van der Waals surface area contributed by atoms with Gasteiger partial charge in [0.1, 0.15) is 5.75 Å². The zero-order valence-corrected chi connectivity index (χ0v) is 15.1. The quantitative estimate of drug-likeness (QED) is 0.494. The minimum absolute atomic E-state index is 0.00618. The lowest BCUT2D eigenvalue weighted by atomic mass is 10.2. The second-order valence-electron chi connectivity index (χ2n) is 5.20. The lowest BCUT2D eigenvalue weighted by molar-refractivity contribution is -0.115. The third kappa shape index (κ3) is 7.06. The fraction of sp³-hybridized carbons (Fsp3) is 0.235. The van der Waals surface area contributed by atoms with Crippen LogP contribution < -0.4 is 20.7 Å². The Morgan fingerprint density at radius 2 is 2.15 bits per heavy atom. The van der Waals surface area contributed by atoms with Crippen molar-refractivity contribution in [2.24, 2.45) is 4.99 Å². The number of benzene rings is 1. The van der Waals surface area contributed by atoms with Gasteiger partial charge in [-0.3, -0.25) is 14.8 Å². The molecule has 1 heterocycles. The van der Waals surface area contributed by atoms with Crippen LogP contribution in [0.4, 0.5) is 14.5 Å². The number of halogens is 3. The maximum atomic E-state index is 12.5. The van der Waals surface area contributed by atoms with Crippen molar-refractivity contribution in [1.29, 1.82) is 0 Å². The van der Waals surface area contributed by atoms with Crippen molar-refractivity contribution in [3.8, 4) is 5.75 Å². The third-order valence-corrected chi connectivity index (χ3v) is 3.51. The molecule has 1 amide bonds. The minimum Gasteiger partial charge on any atom is -0.434 e. The van der Waals surface area contributed by atoms with Crippen molar-refractivity contribution >= 4 is 29.2 Å². The van der Waals surface area contributed by atoms with Crippen LogP contribution in [0.2, 0.25) is 5.02 Å². The van der Waals surface area contributed by atoms with E-state index in [0.29, 0.717) is 22.2 Å². The standard InChI is InChI=1S/C17H18ClF2N5O2/c1-21-17(24-10-15(26)25-13-3-2-6-22-9-13)23-8-11-7-12(18)4-5-14(11)27-16(19)20/h2-7,9,16H,8,10H2,1H3,(H,25,26)(H2,21,23,24). The SMILES string of the molecule is CN=C(NCC(=O)Nc1cccnc1)NCc1cc(Cl)ccc1OC(F)F. The van der Waals surface area contributed by atoms with Gasteiger partial charge in [0.25, 0.3) is 0 Å². The number of rotatable bonds is 7. The Bertz CT molecular complexity index is 790. The summed E-state index contributed by atoms with van der Waals surface area (Å²) >= 11 is 5.91. The third-order valence-electron chi connectivity index (χ3n) is 3.27. The second-order valence-corrected chi connectivity index (χ2v) is 5.64. The number of carbonyl (C=O) groups excluding carboxylic acids is 1. The van der Waals surface area contributed by atoms with E-state index in [2.05, 4.69) is 30.7 Å². The number of pyridine rings is 1. The van der Waals surface area contributed by atoms with Gasteiger partial charge in [-0.2, -0.15) is 8.78 Å². The van der Waals surface area contributed by atoms with E-state index in [0.717, 1.165) is 0 Å². The van der Waals surface area contributed by atoms with Gasteiger partial charge < -0.3 is 20.7 Å². The zero-order valence-electron chi connectivity index (χ0n) is 14.4. The normalized spacial score (nSPS) is 11.2. The van der Waals surface area contributed by atoms with Crippen molar-refractivity contribution in [1.82, 2.24) is 15.6 Å². The molecule has 2 aromatic rings. The largest absolute Gasteiger partial charge is 0.434 e. The highest BCUT2D eigenvalue weighted by molar-refractivity contribution is 6.30. The molecule has 144 valence electrons. The fourth-order valence-corrected chi connectivity index (χ4v) is 2.30. The van der Waals surface area contributed by atoms with E-state index in [-0.39, 0.29) is 24.7 Å². The van der Waals surface area contributed by atoms with E-state index in [4.69, 9.17) is 11.6 Å². The maximum absolute atomic E-state index is 12.5.